The van der Waals surface area contributed by atoms with Gasteiger partial charge in [0, 0.05) is 50.7 Å². The second kappa shape index (κ2) is 9.42. The third kappa shape index (κ3) is 4.76. The van der Waals surface area contributed by atoms with Gasteiger partial charge in [0.2, 0.25) is 5.95 Å². The number of morpholine rings is 1. The van der Waals surface area contributed by atoms with Crippen LogP contribution in [0.15, 0.2) is 53.9 Å². The predicted molar refractivity (Wildman–Crippen MR) is 125 cm³/mol. The highest BCUT2D eigenvalue weighted by molar-refractivity contribution is 5.80. The molecule has 2 aromatic heterocycles. The number of nitrogens with one attached hydrogen (secondary N) is 1. The van der Waals surface area contributed by atoms with Crippen LogP contribution in [0, 0.1) is 6.92 Å². The summed E-state index contributed by atoms with van der Waals surface area (Å²) in [7, 11) is 0. The highest BCUT2D eigenvalue weighted by Crippen LogP contribution is 2.31. The van der Waals surface area contributed by atoms with Crippen molar-refractivity contribution in [3.05, 3.63) is 76.7 Å². The van der Waals surface area contributed by atoms with E-state index < -0.39 is 0 Å². The number of rotatable bonds is 6. The van der Waals surface area contributed by atoms with Crippen molar-refractivity contribution in [1.29, 1.82) is 0 Å². The third-order valence-electron chi connectivity index (χ3n) is 5.69. The van der Waals surface area contributed by atoms with Crippen molar-refractivity contribution >= 4 is 18.0 Å². The summed E-state index contributed by atoms with van der Waals surface area (Å²) in [6, 6.07) is 12.3. The van der Waals surface area contributed by atoms with Gasteiger partial charge in [0.05, 0.1) is 25.1 Å². The Kier molecular flexibility index (Phi) is 6.04. The van der Waals surface area contributed by atoms with E-state index in [0.29, 0.717) is 19.2 Å². The monoisotopic (exact) mass is 429 g/mol. The molecule has 4 heterocycles. The van der Waals surface area contributed by atoms with Crippen LogP contribution in [0.2, 0.25) is 0 Å². The maximum absolute atomic E-state index is 5.55. The molecule has 1 N–H and O–H groups in total. The molecule has 164 valence electrons. The van der Waals surface area contributed by atoms with Gasteiger partial charge in [-0.05, 0) is 24.1 Å². The molecule has 2 aliphatic rings. The zero-order chi connectivity index (χ0) is 21.8. The molecule has 8 nitrogen and oxygen atoms in total. The Morgan fingerprint density at radius 2 is 2.03 bits per heavy atom. The molecule has 0 radical (unpaired) electrons. The van der Waals surface area contributed by atoms with E-state index in [1.54, 1.807) is 12.4 Å². The lowest BCUT2D eigenvalue weighted by atomic mass is 10.2. The van der Waals surface area contributed by atoms with Crippen molar-refractivity contribution < 1.29 is 4.74 Å². The lowest BCUT2D eigenvalue weighted by Crippen LogP contribution is -2.37. The maximum Gasteiger partial charge on any atom is 0.245 e. The van der Waals surface area contributed by atoms with Crippen LogP contribution in [0.5, 0.6) is 0 Å². The summed E-state index contributed by atoms with van der Waals surface area (Å²) in [5, 5.41) is 4.39. The quantitative estimate of drug-likeness (QED) is 0.477. The van der Waals surface area contributed by atoms with Crippen LogP contribution >= 0.6 is 0 Å². The first kappa shape index (κ1) is 20.5. The van der Waals surface area contributed by atoms with Gasteiger partial charge in [-0.3, -0.25) is 9.88 Å². The maximum atomic E-state index is 5.55. The predicted octanol–water partition coefficient (Wildman–Crippen LogP) is 2.98. The second-order valence-electron chi connectivity index (χ2n) is 8.19. The fourth-order valence-corrected chi connectivity index (χ4v) is 4.16. The Balaban J connectivity index is 1.38. The summed E-state index contributed by atoms with van der Waals surface area (Å²) in [5.41, 5.74) is 8.73. The first-order valence-electron chi connectivity index (χ1n) is 10.9. The fraction of sp³-hybridized carbons (Fsp3) is 0.333. The van der Waals surface area contributed by atoms with Crippen molar-refractivity contribution in [2.75, 3.05) is 36.6 Å². The Bertz CT molecular complexity index is 1100. The minimum atomic E-state index is 0.525. The second-order valence-corrected chi connectivity index (χ2v) is 8.19. The highest BCUT2D eigenvalue weighted by Gasteiger charge is 2.28. The number of hydrogen-bond acceptors (Lipinski definition) is 8. The zero-order valence-electron chi connectivity index (χ0n) is 18.2. The lowest BCUT2D eigenvalue weighted by molar-refractivity contribution is 0.122. The van der Waals surface area contributed by atoms with Gasteiger partial charge in [-0.2, -0.15) is 10.1 Å². The van der Waals surface area contributed by atoms with Gasteiger partial charge in [0.1, 0.15) is 5.82 Å². The van der Waals surface area contributed by atoms with Crippen LogP contribution < -0.4 is 10.3 Å². The van der Waals surface area contributed by atoms with E-state index in [1.807, 2.05) is 24.4 Å². The van der Waals surface area contributed by atoms with Gasteiger partial charge in [-0.1, -0.05) is 35.9 Å². The SMILES string of the molecule is Cc1cccc(/C=N/Nc2nc3c(c(N4CCOCC4)n2)CN(Cc2cccnc2)C3)c1. The van der Waals surface area contributed by atoms with E-state index >= 15 is 0 Å². The molecule has 0 aliphatic carbocycles. The minimum Gasteiger partial charge on any atom is -0.378 e. The molecule has 32 heavy (non-hydrogen) atoms. The lowest BCUT2D eigenvalue weighted by Gasteiger charge is -2.29. The van der Waals surface area contributed by atoms with Crippen LogP contribution in [-0.2, 0) is 24.4 Å². The normalized spacial score (nSPS) is 16.5. The van der Waals surface area contributed by atoms with Gasteiger partial charge in [0.25, 0.3) is 0 Å². The molecular formula is C24H27N7O. The number of aryl methyl sites for hydroxylation is 1. The van der Waals surface area contributed by atoms with E-state index in [4.69, 9.17) is 14.7 Å². The summed E-state index contributed by atoms with van der Waals surface area (Å²) in [5.74, 6) is 1.51. The molecule has 1 fully saturated rings. The van der Waals surface area contributed by atoms with Crippen LogP contribution in [0.25, 0.3) is 0 Å². The van der Waals surface area contributed by atoms with Crippen molar-refractivity contribution in [1.82, 2.24) is 19.9 Å². The molecule has 1 aromatic carbocycles. The standard InChI is InChI=1S/C24H27N7O/c1-18-4-2-5-19(12-18)14-26-29-24-27-22-17-30(15-20-6-3-7-25-13-20)16-21(22)23(28-24)31-8-10-32-11-9-31/h2-7,12-14H,8-11,15-17H2,1H3,(H,27,28,29)/b26-14+. The fourth-order valence-electron chi connectivity index (χ4n) is 4.16. The van der Waals surface area contributed by atoms with Crippen LogP contribution in [-0.4, -0.2) is 52.4 Å². The molecule has 8 heteroatoms. The molecule has 0 bridgehead atoms. The van der Waals surface area contributed by atoms with E-state index in [9.17, 15) is 0 Å². The summed E-state index contributed by atoms with van der Waals surface area (Å²) >= 11 is 0. The Morgan fingerprint density at radius 1 is 1.12 bits per heavy atom. The molecule has 0 unspecified atom stereocenters. The van der Waals surface area contributed by atoms with E-state index in [2.05, 4.69) is 50.4 Å². The topological polar surface area (TPSA) is 78.8 Å². The summed E-state index contributed by atoms with van der Waals surface area (Å²) in [6.45, 7) is 7.60. The molecule has 0 atom stereocenters. The van der Waals surface area contributed by atoms with Crippen LogP contribution in [0.3, 0.4) is 0 Å². The molecule has 0 saturated carbocycles. The first-order chi connectivity index (χ1) is 15.7. The summed E-state index contributed by atoms with van der Waals surface area (Å²) in [4.78, 5) is 18.6. The molecular weight excluding hydrogens is 402 g/mol. The Morgan fingerprint density at radius 3 is 2.84 bits per heavy atom. The van der Waals surface area contributed by atoms with Gasteiger partial charge in [-0.25, -0.2) is 10.4 Å². The van der Waals surface area contributed by atoms with Crippen molar-refractivity contribution in [3.63, 3.8) is 0 Å². The summed E-state index contributed by atoms with van der Waals surface area (Å²) in [6.07, 6.45) is 5.52. The zero-order valence-corrected chi connectivity index (χ0v) is 18.2. The molecule has 0 amide bonds. The number of pyridine rings is 1. The number of hydrogen-bond donors (Lipinski definition) is 1. The molecule has 3 aromatic rings. The van der Waals surface area contributed by atoms with Gasteiger partial charge < -0.3 is 9.64 Å². The highest BCUT2D eigenvalue weighted by atomic mass is 16.5. The van der Waals surface area contributed by atoms with Crippen molar-refractivity contribution in [3.8, 4) is 0 Å². The van der Waals surface area contributed by atoms with Crippen LogP contribution in [0.1, 0.15) is 27.9 Å². The van der Waals surface area contributed by atoms with Crippen LogP contribution in [0.4, 0.5) is 11.8 Å². The first-order valence-corrected chi connectivity index (χ1v) is 10.9. The average Bonchev–Trinajstić information content (AvgIpc) is 3.22. The van der Waals surface area contributed by atoms with Gasteiger partial charge >= 0.3 is 0 Å². The molecule has 5 rings (SSSR count). The van der Waals surface area contributed by atoms with Crippen molar-refractivity contribution in [2.45, 2.75) is 26.6 Å². The van der Waals surface area contributed by atoms with Gasteiger partial charge in [-0.15, -0.1) is 0 Å². The van der Waals surface area contributed by atoms with E-state index in [-0.39, 0.29) is 0 Å². The molecule has 1 saturated heterocycles. The van der Waals surface area contributed by atoms with E-state index in [0.717, 1.165) is 49.8 Å². The number of hydrazone groups is 1. The number of ether oxygens (including phenoxy) is 1. The number of aromatic nitrogens is 3. The number of anilines is 2. The number of fused-ring (bicyclic) bond motifs is 1. The molecule has 2 aliphatic heterocycles. The third-order valence-corrected chi connectivity index (χ3v) is 5.69. The molecule has 0 spiro atoms. The smallest absolute Gasteiger partial charge is 0.245 e. The van der Waals surface area contributed by atoms with Gasteiger partial charge in [0.15, 0.2) is 0 Å². The number of benzene rings is 1. The summed E-state index contributed by atoms with van der Waals surface area (Å²) < 4.78 is 5.55. The average molecular weight is 430 g/mol. The minimum absolute atomic E-state index is 0.525. The number of nitrogens with zero attached hydrogens (tertiary/aromatic N) is 6. The Hall–Kier alpha value is -3.36. The van der Waals surface area contributed by atoms with E-state index in [1.165, 1.54) is 16.7 Å². The largest absolute Gasteiger partial charge is 0.378 e. The van der Waals surface area contributed by atoms with Crippen molar-refractivity contribution in [2.24, 2.45) is 5.10 Å². The Labute approximate surface area is 188 Å².